The van der Waals surface area contributed by atoms with Crippen molar-refractivity contribution in [3.8, 4) is 0 Å². The fourth-order valence-electron chi connectivity index (χ4n) is 1.83. The summed E-state index contributed by atoms with van der Waals surface area (Å²) in [4.78, 5) is 12.0. The number of anilines is 2. The predicted molar refractivity (Wildman–Crippen MR) is 85.3 cm³/mol. The standard InChI is InChI=1S/C17H18N2O/c1-18-15-8-3-13(4-9-15)5-12-17(20)14-6-10-16(19-2)11-7-14/h3-12,18-19H,1-2H3. The van der Waals surface area contributed by atoms with Crippen molar-refractivity contribution in [1.29, 1.82) is 0 Å². The quantitative estimate of drug-likeness (QED) is 0.641. The summed E-state index contributed by atoms with van der Waals surface area (Å²) in [7, 11) is 3.73. The molecule has 0 aliphatic heterocycles. The van der Waals surface area contributed by atoms with Gasteiger partial charge in [0.05, 0.1) is 0 Å². The van der Waals surface area contributed by atoms with E-state index in [2.05, 4.69) is 10.6 Å². The fourth-order valence-corrected chi connectivity index (χ4v) is 1.83. The van der Waals surface area contributed by atoms with E-state index in [1.54, 1.807) is 6.08 Å². The highest BCUT2D eigenvalue weighted by Crippen LogP contribution is 2.12. The van der Waals surface area contributed by atoms with Crippen molar-refractivity contribution >= 4 is 23.2 Å². The number of rotatable bonds is 5. The molecule has 0 amide bonds. The van der Waals surface area contributed by atoms with Crippen LogP contribution < -0.4 is 10.6 Å². The van der Waals surface area contributed by atoms with Crippen LogP contribution in [-0.2, 0) is 0 Å². The summed E-state index contributed by atoms with van der Waals surface area (Å²) in [5, 5.41) is 6.09. The van der Waals surface area contributed by atoms with E-state index >= 15 is 0 Å². The number of benzene rings is 2. The summed E-state index contributed by atoms with van der Waals surface area (Å²) in [6.07, 6.45) is 3.43. The molecule has 0 atom stereocenters. The molecule has 2 N–H and O–H groups in total. The molecule has 0 unspecified atom stereocenters. The Bertz CT molecular complexity index is 598. The fraction of sp³-hybridized carbons (Fsp3) is 0.118. The minimum absolute atomic E-state index is 0.00495. The van der Waals surface area contributed by atoms with Gasteiger partial charge in [-0.05, 0) is 48.0 Å². The highest BCUT2D eigenvalue weighted by Gasteiger charge is 2.01. The zero-order chi connectivity index (χ0) is 14.4. The predicted octanol–water partition coefficient (Wildman–Crippen LogP) is 3.67. The number of ketones is 1. The van der Waals surface area contributed by atoms with Crippen molar-refractivity contribution < 1.29 is 4.79 Å². The van der Waals surface area contributed by atoms with Gasteiger partial charge in [0.15, 0.2) is 5.78 Å². The molecule has 0 bridgehead atoms. The lowest BCUT2D eigenvalue weighted by molar-refractivity contribution is 0.104. The molecule has 2 aromatic carbocycles. The van der Waals surface area contributed by atoms with E-state index in [0.717, 1.165) is 16.9 Å². The van der Waals surface area contributed by atoms with E-state index in [-0.39, 0.29) is 5.78 Å². The second-order valence-electron chi connectivity index (χ2n) is 4.40. The maximum atomic E-state index is 12.0. The average Bonchev–Trinajstić information content (AvgIpc) is 2.53. The average molecular weight is 266 g/mol. The third-order valence-electron chi connectivity index (χ3n) is 3.08. The molecule has 0 heterocycles. The zero-order valence-corrected chi connectivity index (χ0v) is 11.7. The Morgan fingerprint density at radius 1 is 0.850 bits per heavy atom. The van der Waals surface area contributed by atoms with Gasteiger partial charge in [0.2, 0.25) is 0 Å². The molecular weight excluding hydrogens is 248 g/mol. The number of allylic oxidation sites excluding steroid dienone is 1. The molecule has 3 nitrogen and oxygen atoms in total. The van der Waals surface area contributed by atoms with Gasteiger partial charge < -0.3 is 10.6 Å². The molecule has 2 rings (SSSR count). The molecule has 0 spiro atoms. The molecule has 0 aromatic heterocycles. The van der Waals surface area contributed by atoms with Crippen LogP contribution in [0, 0.1) is 0 Å². The smallest absolute Gasteiger partial charge is 0.185 e. The number of carbonyl (C=O) groups excluding carboxylic acids is 1. The molecule has 0 saturated carbocycles. The highest BCUT2D eigenvalue weighted by atomic mass is 16.1. The Balaban J connectivity index is 2.07. The van der Waals surface area contributed by atoms with E-state index in [4.69, 9.17) is 0 Å². The largest absolute Gasteiger partial charge is 0.388 e. The first-order valence-corrected chi connectivity index (χ1v) is 6.51. The first-order valence-electron chi connectivity index (χ1n) is 6.51. The summed E-state index contributed by atoms with van der Waals surface area (Å²) >= 11 is 0. The lowest BCUT2D eigenvalue weighted by Gasteiger charge is -2.01. The van der Waals surface area contributed by atoms with Gasteiger partial charge in [-0.15, -0.1) is 0 Å². The molecule has 0 saturated heterocycles. The maximum absolute atomic E-state index is 12.0. The lowest BCUT2D eigenvalue weighted by Crippen LogP contribution is -1.95. The molecule has 0 aliphatic rings. The van der Waals surface area contributed by atoms with E-state index < -0.39 is 0 Å². The number of hydrogen-bond acceptors (Lipinski definition) is 3. The van der Waals surface area contributed by atoms with Gasteiger partial charge in [-0.2, -0.15) is 0 Å². The summed E-state index contributed by atoms with van der Waals surface area (Å²) in [6, 6.07) is 15.3. The molecule has 2 aromatic rings. The normalized spacial score (nSPS) is 10.5. The van der Waals surface area contributed by atoms with Crippen LogP contribution in [0.2, 0.25) is 0 Å². The van der Waals surface area contributed by atoms with Crippen LogP contribution in [0.3, 0.4) is 0 Å². The molecule has 0 fully saturated rings. The van der Waals surface area contributed by atoms with Gasteiger partial charge in [-0.1, -0.05) is 18.2 Å². The Morgan fingerprint density at radius 3 is 1.85 bits per heavy atom. The number of nitrogens with one attached hydrogen (secondary N) is 2. The van der Waals surface area contributed by atoms with Crippen molar-refractivity contribution in [3.63, 3.8) is 0 Å². The maximum Gasteiger partial charge on any atom is 0.185 e. The number of carbonyl (C=O) groups is 1. The van der Waals surface area contributed by atoms with Crippen molar-refractivity contribution in [3.05, 3.63) is 65.7 Å². The van der Waals surface area contributed by atoms with Crippen molar-refractivity contribution in [2.24, 2.45) is 0 Å². The Kier molecular flexibility index (Phi) is 4.56. The Hall–Kier alpha value is -2.55. The van der Waals surface area contributed by atoms with Gasteiger partial charge >= 0.3 is 0 Å². The minimum atomic E-state index is 0.00495. The lowest BCUT2D eigenvalue weighted by atomic mass is 10.1. The molecule has 0 radical (unpaired) electrons. The topological polar surface area (TPSA) is 41.1 Å². The van der Waals surface area contributed by atoms with Crippen LogP contribution in [0.4, 0.5) is 11.4 Å². The van der Waals surface area contributed by atoms with Gasteiger partial charge in [0, 0.05) is 31.0 Å². The van der Waals surface area contributed by atoms with Crippen molar-refractivity contribution in [2.45, 2.75) is 0 Å². The monoisotopic (exact) mass is 266 g/mol. The molecule has 0 aliphatic carbocycles. The third kappa shape index (κ3) is 3.48. The third-order valence-corrected chi connectivity index (χ3v) is 3.08. The van der Waals surface area contributed by atoms with Crippen LogP contribution in [0.1, 0.15) is 15.9 Å². The SMILES string of the molecule is CNc1ccc(C=CC(=O)c2ccc(NC)cc2)cc1. The first-order chi connectivity index (χ1) is 9.72. The van der Waals surface area contributed by atoms with Crippen LogP contribution in [-0.4, -0.2) is 19.9 Å². The zero-order valence-electron chi connectivity index (χ0n) is 11.7. The van der Waals surface area contributed by atoms with Crippen LogP contribution in [0.5, 0.6) is 0 Å². The molecule has 102 valence electrons. The van der Waals surface area contributed by atoms with Gasteiger partial charge in [-0.25, -0.2) is 0 Å². The Morgan fingerprint density at radius 2 is 1.35 bits per heavy atom. The molecule has 3 heteroatoms. The number of hydrogen-bond donors (Lipinski definition) is 2. The van der Waals surface area contributed by atoms with Crippen LogP contribution in [0.25, 0.3) is 6.08 Å². The van der Waals surface area contributed by atoms with Crippen molar-refractivity contribution in [1.82, 2.24) is 0 Å². The minimum Gasteiger partial charge on any atom is -0.388 e. The van der Waals surface area contributed by atoms with E-state index in [1.807, 2.05) is 68.7 Å². The van der Waals surface area contributed by atoms with E-state index in [0.29, 0.717) is 5.56 Å². The second kappa shape index (κ2) is 6.57. The van der Waals surface area contributed by atoms with Crippen LogP contribution >= 0.6 is 0 Å². The second-order valence-corrected chi connectivity index (χ2v) is 4.40. The molecule has 20 heavy (non-hydrogen) atoms. The van der Waals surface area contributed by atoms with E-state index in [9.17, 15) is 4.79 Å². The first kappa shape index (κ1) is 13.9. The highest BCUT2D eigenvalue weighted by molar-refractivity contribution is 6.06. The summed E-state index contributed by atoms with van der Waals surface area (Å²) in [6.45, 7) is 0. The summed E-state index contributed by atoms with van der Waals surface area (Å²) in [5.41, 5.74) is 3.74. The van der Waals surface area contributed by atoms with Crippen LogP contribution in [0.15, 0.2) is 54.6 Å². The Labute approximate surface area is 119 Å². The van der Waals surface area contributed by atoms with Gasteiger partial charge in [0.25, 0.3) is 0 Å². The van der Waals surface area contributed by atoms with Crippen molar-refractivity contribution in [2.75, 3.05) is 24.7 Å². The summed E-state index contributed by atoms with van der Waals surface area (Å²) in [5.74, 6) is 0.00495. The van der Waals surface area contributed by atoms with E-state index in [1.165, 1.54) is 0 Å². The van der Waals surface area contributed by atoms with Gasteiger partial charge in [0.1, 0.15) is 0 Å². The van der Waals surface area contributed by atoms with Gasteiger partial charge in [-0.3, -0.25) is 4.79 Å². The summed E-state index contributed by atoms with van der Waals surface area (Å²) < 4.78 is 0. The molecular formula is C17H18N2O.